The number of halogens is 1. The maximum Gasteiger partial charge on any atom is 0.234 e. The Balaban J connectivity index is 2.05. The van der Waals surface area contributed by atoms with Crippen molar-refractivity contribution in [1.29, 1.82) is 0 Å². The lowest BCUT2D eigenvalue weighted by Crippen LogP contribution is -2.32. The van der Waals surface area contributed by atoms with Gasteiger partial charge in [0.25, 0.3) is 0 Å². The molecule has 0 spiro atoms. The van der Waals surface area contributed by atoms with Gasteiger partial charge in [-0.25, -0.2) is 4.39 Å². The molecule has 0 aromatic heterocycles. The molecule has 18 heavy (non-hydrogen) atoms. The lowest BCUT2D eigenvalue weighted by atomic mass is 10.1. The molecule has 3 N–H and O–H groups in total. The van der Waals surface area contributed by atoms with Crippen molar-refractivity contribution in [3.8, 4) is 0 Å². The summed E-state index contributed by atoms with van der Waals surface area (Å²) in [6.07, 6.45) is 0.941. The fraction of sp³-hybridized carbons (Fsp3) is 0.462. The number of hydrogen-bond acceptors (Lipinski definition) is 3. The molecule has 1 aliphatic rings. The maximum absolute atomic E-state index is 13.3. The molecule has 2 rings (SSSR count). The first kappa shape index (κ1) is 13.0. The molecular formula is C13H18FN3O. The Kier molecular flexibility index (Phi) is 4.28. The van der Waals surface area contributed by atoms with Gasteiger partial charge >= 0.3 is 0 Å². The molecule has 0 saturated carbocycles. The van der Waals surface area contributed by atoms with E-state index in [0.717, 1.165) is 25.1 Å². The standard InChI is InChI=1S/C13H18FN3O/c14-12-3-2-10(6-11(12)7-15)8-17-5-1-4-16-13(18)9-17/h2-3,6H,1,4-5,7-9,15H2,(H,16,18). The van der Waals surface area contributed by atoms with Crippen LogP contribution in [0.25, 0.3) is 0 Å². The Labute approximate surface area is 106 Å². The molecule has 1 saturated heterocycles. The van der Waals surface area contributed by atoms with Crippen molar-refractivity contribution in [2.24, 2.45) is 5.73 Å². The van der Waals surface area contributed by atoms with Crippen LogP contribution in [0.4, 0.5) is 4.39 Å². The maximum atomic E-state index is 13.3. The molecule has 1 fully saturated rings. The second-order valence-electron chi connectivity index (χ2n) is 4.54. The minimum absolute atomic E-state index is 0.0497. The smallest absolute Gasteiger partial charge is 0.234 e. The van der Waals surface area contributed by atoms with Gasteiger partial charge in [-0.3, -0.25) is 9.69 Å². The number of benzene rings is 1. The molecule has 5 heteroatoms. The SMILES string of the molecule is NCc1cc(CN2CCCNC(=O)C2)ccc1F. The largest absolute Gasteiger partial charge is 0.355 e. The highest BCUT2D eigenvalue weighted by atomic mass is 19.1. The summed E-state index contributed by atoms with van der Waals surface area (Å²) in [5.41, 5.74) is 6.99. The summed E-state index contributed by atoms with van der Waals surface area (Å²) in [5.74, 6) is -0.219. The van der Waals surface area contributed by atoms with E-state index < -0.39 is 0 Å². The van der Waals surface area contributed by atoms with Crippen LogP contribution in [-0.2, 0) is 17.9 Å². The van der Waals surface area contributed by atoms with Gasteiger partial charge in [0.1, 0.15) is 5.82 Å². The number of carbonyl (C=O) groups excluding carboxylic acids is 1. The van der Waals surface area contributed by atoms with Crippen molar-refractivity contribution < 1.29 is 9.18 Å². The third-order valence-electron chi connectivity index (χ3n) is 3.08. The van der Waals surface area contributed by atoms with Gasteiger partial charge < -0.3 is 11.1 Å². The fourth-order valence-electron chi connectivity index (χ4n) is 2.14. The summed E-state index contributed by atoms with van der Waals surface area (Å²) < 4.78 is 13.3. The first-order valence-corrected chi connectivity index (χ1v) is 6.15. The topological polar surface area (TPSA) is 58.4 Å². The Morgan fingerprint density at radius 2 is 2.28 bits per heavy atom. The van der Waals surface area contributed by atoms with E-state index in [1.54, 1.807) is 12.1 Å². The van der Waals surface area contributed by atoms with Crippen LogP contribution < -0.4 is 11.1 Å². The zero-order valence-corrected chi connectivity index (χ0v) is 10.3. The predicted molar refractivity (Wildman–Crippen MR) is 67.2 cm³/mol. The van der Waals surface area contributed by atoms with Gasteiger partial charge in [-0.1, -0.05) is 12.1 Å². The van der Waals surface area contributed by atoms with Gasteiger partial charge in [-0.05, 0) is 18.1 Å². The van der Waals surface area contributed by atoms with E-state index in [1.165, 1.54) is 6.07 Å². The molecule has 1 aromatic rings. The quantitative estimate of drug-likeness (QED) is 0.827. The monoisotopic (exact) mass is 251 g/mol. The second kappa shape index (κ2) is 5.93. The molecule has 1 aliphatic heterocycles. The summed E-state index contributed by atoms with van der Waals surface area (Å²) >= 11 is 0. The minimum Gasteiger partial charge on any atom is -0.355 e. The Bertz CT molecular complexity index is 436. The second-order valence-corrected chi connectivity index (χ2v) is 4.54. The van der Waals surface area contributed by atoms with Gasteiger partial charge in [0.15, 0.2) is 0 Å². The zero-order valence-electron chi connectivity index (χ0n) is 10.3. The first-order valence-electron chi connectivity index (χ1n) is 6.15. The number of hydrogen-bond donors (Lipinski definition) is 2. The van der Waals surface area contributed by atoms with Gasteiger partial charge in [-0.2, -0.15) is 0 Å². The van der Waals surface area contributed by atoms with Crippen LogP contribution >= 0.6 is 0 Å². The van der Waals surface area contributed by atoms with Crippen LogP contribution in [-0.4, -0.2) is 30.4 Å². The van der Waals surface area contributed by atoms with Crippen molar-refractivity contribution in [1.82, 2.24) is 10.2 Å². The molecule has 0 unspecified atom stereocenters. The van der Waals surface area contributed by atoms with Gasteiger partial charge in [0.05, 0.1) is 6.54 Å². The van der Waals surface area contributed by atoms with Crippen LogP contribution in [0, 0.1) is 5.82 Å². The molecule has 0 radical (unpaired) electrons. The Morgan fingerprint density at radius 1 is 1.44 bits per heavy atom. The van der Waals surface area contributed by atoms with Crippen molar-refractivity contribution in [2.75, 3.05) is 19.6 Å². The predicted octanol–water partition coefficient (Wildman–Crippen LogP) is 0.606. The average molecular weight is 251 g/mol. The van der Waals surface area contributed by atoms with E-state index in [0.29, 0.717) is 18.7 Å². The number of carbonyl (C=O) groups is 1. The van der Waals surface area contributed by atoms with Crippen LogP contribution in [0.15, 0.2) is 18.2 Å². The summed E-state index contributed by atoms with van der Waals surface area (Å²) in [4.78, 5) is 13.5. The van der Waals surface area contributed by atoms with Crippen molar-refractivity contribution in [3.63, 3.8) is 0 Å². The number of rotatable bonds is 3. The molecular weight excluding hydrogens is 233 g/mol. The Hall–Kier alpha value is -1.46. The molecule has 4 nitrogen and oxygen atoms in total. The van der Waals surface area contributed by atoms with E-state index in [-0.39, 0.29) is 18.3 Å². The minimum atomic E-state index is -0.269. The van der Waals surface area contributed by atoms with E-state index >= 15 is 0 Å². The third kappa shape index (κ3) is 3.27. The molecule has 1 aromatic carbocycles. The number of nitrogens with one attached hydrogen (secondary N) is 1. The fourth-order valence-corrected chi connectivity index (χ4v) is 2.14. The third-order valence-corrected chi connectivity index (χ3v) is 3.08. The normalized spacial score (nSPS) is 17.3. The first-order chi connectivity index (χ1) is 8.69. The number of nitrogens with zero attached hydrogens (tertiary/aromatic N) is 1. The lowest BCUT2D eigenvalue weighted by molar-refractivity contribution is -0.121. The van der Waals surface area contributed by atoms with E-state index in [4.69, 9.17) is 5.73 Å². The van der Waals surface area contributed by atoms with Crippen LogP contribution in [0.3, 0.4) is 0 Å². The molecule has 1 amide bonds. The zero-order chi connectivity index (χ0) is 13.0. The van der Waals surface area contributed by atoms with Gasteiger partial charge in [-0.15, -0.1) is 0 Å². The average Bonchev–Trinajstić information content (AvgIpc) is 2.56. The van der Waals surface area contributed by atoms with Crippen LogP contribution in [0.2, 0.25) is 0 Å². The van der Waals surface area contributed by atoms with Crippen molar-refractivity contribution >= 4 is 5.91 Å². The highest BCUT2D eigenvalue weighted by molar-refractivity contribution is 5.78. The molecule has 0 atom stereocenters. The highest BCUT2D eigenvalue weighted by Gasteiger charge is 2.15. The van der Waals surface area contributed by atoms with Gasteiger partial charge in [0.2, 0.25) is 5.91 Å². The van der Waals surface area contributed by atoms with Crippen molar-refractivity contribution in [2.45, 2.75) is 19.5 Å². The summed E-state index contributed by atoms with van der Waals surface area (Å²) in [6.45, 7) is 2.84. The van der Waals surface area contributed by atoms with E-state index in [2.05, 4.69) is 10.2 Å². The summed E-state index contributed by atoms with van der Waals surface area (Å²) in [5, 5.41) is 2.83. The molecule has 1 heterocycles. The molecule has 0 aliphatic carbocycles. The van der Waals surface area contributed by atoms with Gasteiger partial charge in [0, 0.05) is 31.7 Å². The lowest BCUT2D eigenvalue weighted by Gasteiger charge is -2.18. The molecule has 0 bridgehead atoms. The van der Waals surface area contributed by atoms with Crippen LogP contribution in [0.5, 0.6) is 0 Å². The highest BCUT2D eigenvalue weighted by Crippen LogP contribution is 2.12. The Morgan fingerprint density at radius 3 is 3.06 bits per heavy atom. The summed E-state index contributed by atoms with van der Waals surface area (Å²) in [6, 6.07) is 4.96. The molecule has 98 valence electrons. The number of amides is 1. The van der Waals surface area contributed by atoms with E-state index in [1.807, 2.05) is 0 Å². The van der Waals surface area contributed by atoms with Crippen molar-refractivity contribution in [3.05, 3.63) is 35.1 Å². The van der Waals surface area contributed by atoms with E-state index in [9.17, 15) is 9.18 Å². The number of nitrogens with two attached hydrogens (primary N) is 1. The summed E-state index contributed by atoms with van der Waals surface area (Å²) in [7, 11) is 0. The van der Waals surface area contributed by atoms with Crippen LogP contribution in [0.1, 0.15) is 17.5 Å².